The van der Waals surface area contributed by atoms with E-state index in [4.69, 9.17) is 14.2 Å². The molecule has 3 rings (SSSR count). The van der Waals surface area contributed by atoms with E-state index >= 15 is 0 Å². The zero-order valence-corrected chi connectivity index (χ0v) is 18.8. The van der Waals surface area contributed by atoms with E-state index in [-0.39, 0.29) is 12.5 Å². The lowest BCUT2D eigenvalue weighted by molar-refractivity contribution is -0.123. The van der Waals surface area contributed by atoms with E-state index in [1.165, 1.54) is 5.56 Å². The Hall–Kier alpha value is -3.80. The maximum absolute atomic E-state index is 12.0. The molecule has 0 bridgehead atoms. The minimum atomic E-state index is -0.342. The Labute approximate surface area is 188 Å². The van der Waals surface area contributed by atoms with Crippen LogP contribution >= 0.6 is 0 Å². The lowest BCUT2D eigenvalue weighted by atomic mass is 10.1. The molecule has 0 saturated carbocycles. The summed E-state index contributed by atoms with van der Waals surface area (Å²) in [7, 11) is 1.58. The lowest BCUT2D eigenvalue weighted by Gasteiger charge is -2.11. The standard InChI is InChI=1S/C26H28N2O4/c1-18-5-7-21(8-6-18)16-32-24-10-9-22(14-25(24)30-4)15-27-28-26(29)17-31-23-12-19(2)11-20(3)13-23/h5-15H,16-17H2,1-4H3,(H,28,29)/b27-15+. The SMILES string of the molecule is COc1cc(/C=N/NC(=O)COc2cc(C)cc(C)c2)ccc1OCc1ccc(C)cc1. The third-order valence-corrected chi connectivity index (χ3v) is 4.67. The number of rotatable bonds is 9. The molecule has 0 unspecified atom stereocenters. The largest absolute Gasteiger partial charge is 0.493 e. The average Bonchev–Trinajstić information content (AvgIpc) is 2.77. The molecule has 0 fully saturated rings. The first-order chi connectivity index (χ1) is 15.4. The van der Waals surface area contributed by atoms with Crippen LogP contribution in [0.5, 0.6) is 17.2 Å². The summed E-state index contributed by atoms with van der Waals surface area (Å²) in [4.78, 5) is 12.0. The fourth-order valence-corrected chi connectivity index (χ4v) is 3.11. The van der Waals surface area contributed by atoms with Crippen LogP contribution in [0.15, 0.2) is 65.8 Å². The Morgan fingerprint density at radius 3 is 2.28 bits per heavy atom. The van der Waals surface area contributed by atoms with Gasteiger partial charge in [0.15, 0.2) is 18.1 Å². The highest BCUT2D eigenvalue weighted by Crippen LogP contribution is 2.28. The summed E-state index contributed by atoms with van der Waals surface area (Å²) in [6, 6.07) is 19.5. The summed E-state index contributed by atoms with van der Waals surface area (Å²) in [5.74, 6) is 1.54. The normalized spacial score (nSPS) is 10.8. The number of carbonyl (C=O) groups is 1. The number of nitrogens with one attached hydrogen (secondary N) is 1. The second-order valence-electron chi connectivity index (χ2n) is 7.59. The van der Waals surface area contributed by atoms with Crippen LogP contribution in [0.25, 0.3) is 0 Å². The van der Waals surface area contributed by atoms with Gasteiger partial charge in [-0.15, -0.1) is 0 Å². The van der Waals surface area contributed by atoms with Gasteiger partial charge in [-0.3, -0.25) is 4.79 Å². The smallest absolute Gasteiger partial charge is 0.277 e. The molecule has 166 valence electrons. The van der Waals surface area contributed by atoms with Crippen molar-refractivity contribution >= 4 is 12.1 Å². The zero-order valence-electron chi connectivity index (χ0n) is 18.8. The predicted octanol–water partition coefficient (Wildman–Crippen LogP) is 4.73. The number of nitrogens with zero attached hydrogens (tertiary/aromatic N) is 1. The van der Waals surface area contributed by atoms with Gasteiger partial charge in [0, 0.05) is 0 Å². The minimum absolute atomic E-state index is 0.116. The van der Waals surface area contributed by atoms with Crippen molar-refractivity contribution in [1.82, 2.24) is 5.43 Å². The van der Waals surface area contributed by atoms with Gasteiger partial charge in [0.2, 0.25) is 0 Å². The van der Waals surface area contributed by atoms with Crippen LogP contribution in [-0.4, -0.2) is 25.8 Å². The number of hydrogen-bond donors (Lipinski definition) is 1. The van der Waals surface area contributed by atoms with Gasteiger partial charge in [-0.25, -0.2) is 5.43 Å². The van der Waals surface area contributed by atoms with E-state index in [0.29, 0.717) is 23.9 Å². The van der Waals surface area contributed by atoms with Gasteiger partial charge < -0.3 is 14.2 Å². The maximum Gasteiger partial charge on any atom is 0.277 e. The van der Waals surface area contributed by atoms with Crippen LogP contribution < -0.4 is 19.6 Å². The molecular formula is C26H28N2O4. The minimum Gasteiger partial charge on any atom is -0.493 e. The van der Waals surface area contributed by atoms with E-state index in [2.05, 4.69) is 22.7 Å². The first kappa shape index (κ1) is 22.9. The van der Waals surface area contributed by atoms with Crippen LogP contribution in [-0.2, 0) is 11.4 Å². The molecule has 0 saturated heterocycles. The molecule has 1 amide bonds. The molecule has 3 aromatic carbocycles. The van der Waals surface area contributed by atoms with Gasteiger partial charge in [0.25, 0.3) is 5.91 Å². The van der Waals surface area contributed by atoms with Gasteiger partial charge in [-0.05, 0) is 73.4 Å². The Morgan fingerprint density at radius 2 is 1.59 bits per heavy atom. The summed E-state index contributed by atoms with van der Waals surface area (Å²) in [5, 5.41) is 3.99. The predicted molar refractivity (Wildman–Crippen MR) is 126 cm³/mol. The number of methoxy groups -OCH3 is 1. The highest BCUT2D eigenvalue weighted by molar-refractivity contribution is 5.83. The molecule has 32 heavy (non-hydrogen) atoms. The number of benzene rings is 3. The van der Waals surface area contributed by atoms with Crippen LogP contribution in [0.1, 0.15) is 27.8 Å². The van der Waals surface area contributed by atoms with Crippen molar-refractivity contribution in [2.75, 3.05) is 13.7 Å². The van der Waals surface area contributed by atoms with Crippen molar-refractivity contribution in [2.24, 2.45) is 5.10 Å². The van der Waals surface area contributed by atoms with Crippen molar-refractivity contribution in [3.63, 3.8) is 0 Å². The van der Waals surface area contributed by atoms with E-state index in [1.54, 1.807) is 19.4 Å². The van der Waals surface area contributed by atoms with Crippen molar-refractivity contribution in [1.29, 1.82) is 0 Å². The Balaban J connectivity index is 1.52. The molecule has 0 aliphatic heterocycles. The molecule has 0 spiro atoms. The monoisotopic (exact) mass is 432 g/mol. The lowest BCUT2D eigenvalue weighted by Crippen LogP contribution is -2.24. The van der Waals surface area contributed by atoms with E-state index in [1.807, 2.05) is 63.2 Å². The van der Waals surface area contributed by atoms with E-state index in [9.17, 15) is 4.79 Å². The molecule has 0 atom stereocenters. The van der Waals surface area contributed by atoms with Crippen molar-refractivity contribution < 1.29 is 19.0 Å². The Morgan fingerprint density at radius 1 is 0.875 bits per heavy atom. The summed E-state index contributed by atoms with van der Waals surface area (Å²) in [6.07, 6.45) is 1.54. The molecule has 0 aromatic heterocycles. The van der Waals surface area contributed by atoms with Gasteiger partial charge in [-0.2, -0.15) is 5.10 Å². The van der Waals surface area contributed by atoms with Gasteiger partial charge in [0.05, 0.1) is 13.3 Å². The van der Waals surface area contributed by atoms with Gasteiger partial charge >= 0.3 is 0 Å². The first-order valence-electron chi connectivity index (χ1n) is 10.3. The van der Waals surface area contributed by atoms with Crippen molar-refractivity contribution in [3.05, 3.63) is 88.5 Å². The molecule has 0 heterocycles. The van der Waals surface area contributed by atoms with Crippen molar-refractivity contribution in [3.8, 4) is 17.2 Å². The van der Waals surface area contributed by atoms with Crippen LogP contribution in [0.2, 0.25) is 0 Å². The molecule has 0 radical (unpaired) electrons. The number of aryl methyl sites for hydroxylation is 3. The van der Waals surface area contributed by atoms with E-state index < -0.39 is 0 Å². The molecule has 6 nitrogen and oxygen atoms in total. The second kappa shape index (κ2) is 11.0. The quantitative estimate of drug-likeness (QED) is 0.392. The first-order valence-corrected chi connectivity index (χ1v) is 10.3. The summed E-state index contributed by atoms with van der Waals surface area (Å²) in [5.41, 5.74) is 7.68. The summed E-state index contributed by atoms with van der Waals surface area (Å²) in [6.45, 7) is 6.35. The number of hydrogen-bond acceptors (Lipinski definition) is 5. The second-order valence-corrected chi connectivity index (χ2v) is 7.59. The fraction of sp³-hybridized carbons (Fsp3) is 0.231. The van der Waals surface area contributed by atoms with Crippen molar-refractivity contribution in [2.45, 2.75) is 27.4 Å². The Bertz CT molecular complexity index is 1070. The average molecular weight is 433 g/mol. The fourth-order valence-electron chi connectivity index (χ4n) is 3.11. The molecular weight excluding hydrogens is 404 g/mol. The number of amides is 1. The topological polar surface area (TPSA) is 69.2 Å². The number of hydrazone groups is 1. The summed E-state index contributed by atoms with van der Waals surface area (Å²) >= 11 is 0. The highest BCUT2D eigenvalue weighted by atomic mass is 16.5. The van der Waals surface area contributed by atoms with Gasteiger partial charge in [-0.1, -0.05) is 35.9 Å². The molecule has 0 aliphatic rings. The molecule has 3 aromatic rings. The Kier molecular flexibility index (Phi) is 7.86. The molecule has 0 aliphatic carbocycles. The zero-order chi connectivity index (χ0) is 22.9. The molecule has 6 heteroatoms. The van der Waals surface area contributed by atoms with E-state index in [0.717, 1.165) is 22.3 Å². The third kappa shape index (κ3) is 6.87. The summed E-state index contributed by atoms with van der Waals surface area (Å²) < 4.78 is 16.9. The maximum atomic E-state index is 12.0. The molecule has 1 N–H and O–H groups in total. The number of ether oxygens (including phenoxy) is 3. The van der Waals surface area contributed by atoms with Crippen LogP contribution in [0.3, 0.4) is 0 Å². The highest BCUT2D eigenvalue weighted by Gasteiger charge is 2.06. The van der Waals surface area contributed by atoms with Crippen LogP contribution in [0, 0.1) is 20.8 Å². The third-order valence-electron chi connectivity index (χ3n) is 4.67. The van der Waals surface area contributed by atoms with Crippen LogP contribution in [0.4, 0.5) is 0 Å². The number of carbonyl (C=O) groups excluding carboxylic acids is 1. The van der Waals surface area contributed by atoms with Gasteiger partial charge in [0.1, 0.15) is 12.4 Å².